The standard InChI is InChI=1S/C15H15N3O2S/c1-3-4-5-7-18(17)15(20)13(9-16)14(19)11(2)12-6-8-21-10-12/h1,6,8,10,19H,2,4-5,7,17H2/b14-13+. The van der Waals surface area contributed by atoms with Crippen LogP contribution in [0.1, 0.15) is 18.4 Å². The first-order valence-corrected chi connectivity index (χ1v) is 7.02. The molecule has 1 rings (SSSR count). The van der Waals surface area contributed by atoms with Gasteiger partial charge in [-0.25, -0.2) is 5.84 Å². The minimum absolute atomic E-state index is 0.201. The van der Waals surface area contributed by atoms with E-state index in [-0.39, 0.29) is 12.1 Å². The Labute approximate surface area is 127 Å². The number of terminal acetylenes is 1. The lowest BCUT2D eigenvalue weighted by Gasteiger charge is -2.16. The van der Waals surface area contributed by atoms with Crippen LogP contribution in [0.5, 0.6) is 0 Å². The third-order valence-corrected chi connectivity index (χ3v) is 3.38. The molecular weight excluding hydrogens is 286 g/mol. The molecule has 0 aromatic carbocycles. The molecule has 1 amide bonds. The van der Waals surface area contributed by atoms with Crippen molar-refractivity contribution >= 4 is 22.8 Å². The van der Waals surface area contributed by atoms with Gasteiger partial charge in [-0.15, -0.1) is 12.3 Å². The third-order valence-electron chi connectivity index (χ3n) is 2.70. The van der Waals surface area contributed by atoms with E-state index in [1.165, 1.54) is 11.3 Å². The molecule has 0 spiro atoms. The van der Waals surface area contributed by atoms with Crippen LogP contribution in [0.25, 0.3) is 5.57 Å². The van der Waals surface area contributed by atoms with E-state index >= 15 is 0 Å². The van der Waals surface area contributed by atoms with Crippen LogP contribution >= 0.6 is 11.3 Å². The zero-order valence-corrected chi connectivity index (χ0v) is 12.2. The van der Waals surface area contributed by atoms with E-state index in [0.29, 0.717) is 18.4 Å². The van der Waals surface area contributed by atoms with Crippen LogP contribution in [0.2, 0.25) is 0 Å². The van der Waals surface area contributed by atoms with Crippen molar-refractivity contribution < 1.29 is 9.90 Å². The van der Waals surface area contributed by atoms with Gasteiger partial charge in [0.2, 0.25) is 0 Å². The number of allylic oxidation sites excluding steroid dienone is 1. The number of hydrogen-bond donors (Lipinski definition) is 2. The molecule has 1 aromatic rings. The van der Waals surface area contributed by atoms with Gasteiger partial charge in [-0.3, -0.25) is 9.80 Å². The van der Waals surface area contributed by atoms with Crippen LogP contribution in [0.3, 0.4) is 0 Å². The number of carbonyl (C=O) groups excluding carboxylic acids is 1. The Morgan fingerprint density at radius 3 is 2.86 bits per heavy atom. The van der Waals surface area contributed by atoms with E-state index in [4.69, 9.17) is 17.5 Å². The molecule has 0 aliphatic heterocycles. The van der Waals surface area contributed by atoms with Gasteiger partial charge in [0.25, 0.3) is 5.91 Å². The molecule has 0 saturated heterocycles. The second kappa shape index (κ2) is 7.91. The van der Waals surface area contributed by atoms with Crippen LogP contribution in [-0.4, -0.2) is 22.6 Å². The predicted molar refractivity (Wildman–Crippen MR) is 82.6 cm³/mol. The number of hydrazine groups is 1. The summed E-state index contributed by atoms with van der Waals surface area (Å²) in [5, 5.41) is 23.6. The van der Waals surface area contributed by atoms with Gasteiger partial charge in [-0.1, -0.05) is 6.58 Å². The fourth-order valence-electron chi connectivity index (χ4n) is 1.52. The number of amides is 1. The van der Waals surface area contributed by atoms with Crippen LogP contribution in [0.4, 0.5) is 0 Å². The monoisotopic (exact) mass is 301 g/mol. The molecular formula is C15H15N3O2S. The number of hydrogen-bond acceptors (Lipinski definition) is 5. The summed E-state index contributed by atoms with van der Waals surface area (Å²) in [5.41, 5.74) is 0.418. The maximum atomic E-state index is 12.1. The topological polar surface area (TPSA) is 90.4 Å². The molecule has 0 saturated carbocycles. The minimum Gasteiger partial charge on any atom is -0.506 e. The number of nitriles is 1. The van der Waals surface area contributed by atoms with E-state index in [2.05, 4.69) is 12.5 Å². The molecule has 0 fully saturated rings. The van der Waals surface area contributed by atoms with Crippen LogP contribution in [0, 0.1) is 23.7 Å². The first-order chi connectivity index (χ1) is 10.0. The van der Waals surface area contributed by atoms with Crippen molar-refractivity contribution in [2.75, 3.05) is 6.54 Å². The average molecular weight is 301 g/mol. The highest BCUT2D eigenvalue weighted by Crippen LogP contribution is 2.24. The van der Waals surface area contributed by atoms with E-state index < -0.39 is 17.2 Å². The normalized spacial score (nSPS) is 11.0. The Balaban J connectivity index is 2.93. The van der Waals surface area contributed by atoms with E-state index in [0.717, 1.165) is 5.01 Å². The van der Waals surface area contributed by atoms with E-state index in [1.54, 1.807) is 22.9 Å². The second-order valence-electron chi connectivity index (χ2n) is 4.13. The Kier molecular flexibility index (Phi) is 6.22. The van der Waals surface area contributed by atoms with Crippen molar-refractivity contribution in [1.29, 1.82) is 5.26 Å². The molecule has 0 atom stereocenters. The van der Waals surface area contributed by atoms with Crippen LogP contribution in [-0.2, 0) is 4.79 Å². The van der Waals surface area contributed by atoms with Gasteiger partial charge in [0.1, 0.15) is 11.8 Å². The number of carbonyl (C=O) groups is 1. The van der Waals surface area contributed by atoms with Crippen LogP contribution in [0.15, 0.2) is 34.7 Å². The van der Waals surface area contributed by atoms with Gasteiger partial charge >= 0.3 is 0 Å². The number of thiophene rings is 1. The summed E-state index contributed by atoms with van der Waals surface area (Å²) in [6, 6.07) is 3.41. The molecule has 1 heterocycles. The lowest BCUT2D eigenvalue weighted by atomic mass is 10.1. The fraction of sp³-hybridized carbons (Fsp3) is 0.200. The summed E-state index contributed by atoms with van der Waals surface area (Å²) in [6.45, 7) is 3.89. The van der Waals surface area contributed by atoms with Gasteiger partial charge in [0.05, 0.1) is 0 Å². The highest BCUT2D eigenvalue weighted by Gasteiger charge is 2.21. The van der Waals surface area contributed by atoms with Gasteiger partial charge in [0.15, 0.2) is 5.57 Å². The maximum absolute atomic E-state index is 12.1. The molecule has 5 nitrogen and oxygen atoms in total. The molecule has 0 aliphatic rings. The van der Waals surface area contributed by atoms with Crippen LogP contribution < -0.4 is 5.84 Å². The average Bonchev–Trinajstić information content (AvgIpc) is 3.01. The highest BCUT2D eigenvalue weighted by molar-refractivity contribution is 7.08. The number of nitrogens with two attached hydrogens (primary N) is 1. The van der Waals surface area contributed by atoms with Gasteiger partial charge < -0.3 is 5.11 Å². The fourth-order valence-corrected chi connectivity index (χ4v) is 2.19. The molecule has 0 radical (unpaired) electrons. The zero-order chi connectivity index (χ0) is 15.8. The number of unbranched alkanes of at least 4 members (excludes halogenated alkanes) is 1. The van der Waals surface area contributed by atoms with Gasteiger partial charge in [-0.05, 0) is 28.8 Å². The lowest BCUT2D eigenvalue weighted by molar-refractivity contribution is -0.127. The highest BCUT2D eigenvalue weighted by atomic mass is 32.1. The Morgan fingerprint density at radius 1 is 1.62 bits per heavy atom. The summed E-state index contributed by atoms with van der Waals surface area (Å²) in [6.07, 6.45) is 6.10. The van der Waals surface area contributed by atoms with Crippen molar-refractivity contribution in [3.8, 4) is 18.4 Å². The van der Waals surface area contributed by atoms with Gasteiger partial charge in [-0.2, -0.15) is 16.6 Å². The molecule has 1 aromatic heterocycles. The SMILES string of the molecule is C#CCCCN(N)C(=O)/C(C#N)=C(/O)C(=C)c1ccsc1. The van der Waals surface area contributed by atoms with Crippen molar-refractivity contribution in [3.05, 3.63) is 40.3 Å². The number of nitrogens with zero attached hydrogens (tertiary/aromatic N) is 2. The molecule has 3 N–H and O–H groups in total. The largest absolute Gasteiger partial charge is 0.506 e. The molecule has 0 bridgehead atoms. The second-order valence-corrected chi connectivity index (χ2v) is 4.91. The first-order valence-electron chi connectivity index (χ1n) is 6.08. The first kappa shape index (κ1) is 16.5. The molecule has 0 unspecified atom stereocenters. The summed E-state index contributed by atoms with van der Waals surface area (Å²) >= 11 is 1.42. The van der Waals surface area contributed by atoms with E-state index in [1.807, 2.05) is 0 Å². The maximum Gasteiger partial charge on any atom is 0.282 e. The minimum atomic E-state index is -0.761. The Morgan fingerprint density at radius 2 is 2.33 bits per heavy atom. The third kappa shape index (κ3) is 4.22. The number of aliphatic hydroxyl groups is 1. The smallest absolute Gasteiger partial charge is 0.282 e. The number of rotatable bonds is 6. The summed E-state index contributed by atoms with van der Waals surface area (Å²) in [7, 11) is 0. The molecule has 21 heavy (non-hydrogen) atoms. The quantitative estimate of drug-likeness (QED) is 0.0970. The molecule has 6 heteroatoms. The zero-order valence-electron chi connectivity index (χ0n) is 11.4. The Bertz CT molecular complexity index is 633. The predicted octanol–water partition coefficient (Wildman–Crippen LogP) is 2.21. The summed E-state index contributed by atoms with van der Waals surface area (Å²) in [4.78, 5) is 12.1. The van der Waals surface area contributed by atoms with E-state index in [9.17, 15) is 9.90 Å². The van der Waals surface area contributed by atoms with Crippen molar-refractivity contribution in [2.45, 2.75) is 12.8 Å². The summed E-state index contributed by atoms with van der Waals surface area (Å²) in [5.74, 6) is 6.79. The number of aliphatic hydroxyl groups excluding tert-OH is 1. The summed E-state index contributed by atoms with van der Waals surface area (Å²) < 4.78 is 0. The van der Waals surface area contributed by atoms with Crippen molar-refractivity contribution in [2.24, 2.45) is 5.84 Å². The van der Waals surface area contributed by atoms with Crippen molar-refractivity contribution in [1.82, 2.24) is 5.01 Å². The van der Waals surface area contributed by atoms with Crippen molar-refractivity contribution in [3.63, 3.8) is 0 Å². The molecule has 0 aliphatic carbocycles. The Hall–Kier alpha value is -2.54. The molecule has 108 valence electrons. The lowest BCUT2D eigenvalue weighted by Crippen LogP contribution is -2.39. The van der Waals surface area contributed by atoms with Gasteiger partial charge in [0, 0.05) is 18.5 Å².